The number of aromatic nitrogens is 3. The van der Waals surface area contributed by atoms with Gasteiger partial charge in [0, 0.05) is 80.4 Å². The lowest BCUT2D eigenvalue weighted by Gasteiger charge is -2.40. The van der Waals surface area contributed by atoms with E-state index < -0.39 is 11.3 Å². The molecule has 2 fully saturated rings. The van der Waals surface area contributed by atoms with Crippen LogP contribution in [0.5, 0.6) is 0 Å². The number of nitrogens with one attached hydrogen (secondary N) is 2. The van der Waals surface area contributed by atoms with Gasteiger partial charge in [-0.05, 0) is 99.1 Å². The summed E-state index contributed by atoms with van der Waals surface area (Å²) in [6.07, 6.45) is 7.62. The minimum absolute atomic E-state index is 0.0309. The number of aryl methyl sites for hydroxylation is 1. The average molecular weight is 873 g/mol. The van der Waals surface area contributed by atoms with Crippen molar-refractivity contribution in [3.63, 3.8) is 0 Å². The van der Waals surface area contributed by atoms with Crippen LogP contribution in [0.2, 0.25) is 0 Å². The van der Waals surface area contributed by atoms with E-state index in [2.05, 4.69) is 72.7 Å². The summed E-state index contributed by atoms with van der Waals surface area (Å²) in [7, 11) is 5.08. The number of pyridine rings is 1. The second kappa shape index (κ2) is 19.2. The molecule has 3 aromatic heterocycles. The number of benzene rings is 1. The first kappa shape index (κ1) is 45.0. The van der Waals surface area contributed by atoms with Crippen LogP contribution in [-0.4, -0.2) is 111 Å². The Labute approximate surface area is 369 Å². The molecular weight excluding hydrogens is 809 g/mol. The van der Waals surface area contributed by atoms with E-state index in [0.717, 1.165) is 72.6 Å². The zero-order chi connectivity index (χ0) is 43.6. The van der Waals surface area contributed by atoms with Gasteiger partial charge in [-0.2, -0.15) is 0 Å². The number of carbonyl (C=O) groups is 3. The van der Waals surface area contributed by atoms with E-state index in [1.807, 2.05) is 26.1 Å². The molecule has 6 heterocycles. The van der Waals surface area contributed by atoms with Crippen LogP contribution in [0.4, 0.5) is 4.79 Å². The number of amides is 4. The molecule has 330 valence electrons. The standard InChI is InChI=1S/C46H64N8O5S2/c1-10-53-38-18-17-30-22-34(38)35(41(53)33-16-12-20-47-40(33)29(4)58-8)24-46(5,6)19-11-14-31-15-13-21-54(50-31)44(56)36(23-39-48-37(30)27-60-39)49-43(55)42(28(2)3)61-51(7)45(57)52-25-32(26-52)59-9/h12,16-18,20,22,27-29,31-32,36,42,50H,10-11,13-15,19,21,23-26H2,1-9H3,(H,49,55). The molecule has 7 rings (SSSR count). The number of hydrogen-bond acceptors (Lipinski definition) is 10. The quantitative estimate of drug-likeness (QED) is 0.153. The molecule has 15 heteroatoms. The van der Waals surface area contributed by atoms with E-state index in [0.29, 0.717) is 19.6 Å². The predicted molar refractivity (Wildman–Crippen MR) is 244 cm³/mol. The molecule has 2 N–H and O–H groups in total. The first-order valence-corrected chi connectivity index (χ1v) is 23.6. The normalized spacial score (nSPS) is 20.9. The molecule has 0 radical (unpaired) electrons. The Balaban J connectivity index is 1.24. The number of thiazole rings is 1. The van der Waals surface area contributed by atoms with Crippen LogP contribution in [0.1, 0.15) is 96.0 Å². The van der Waals surface area contributed by atoms with Crippen LogP contribution in [0.25, 0.3) is 33.4 Å². The molecular formula is C46H64N8O5S2. The van der Waals surface area contributed by atoms with Crippen LogP contribution in [0.15, 0.2) is 41.9 Å². The SMILES string of the molecule is CCn1c(-c2cccnc2C(C)OC)c2c3cc(ccc31)-c1csc(n1)CC(NC(=O)C(SN(C)C(=O)N1CC(OC)C1)C(C)C)C(=O)N1CCCC(CCCC(C)(C)C2)N1. The highest BCUT2D eigenvalue weighted by Gasteiger charge is 2.38. The molecule has 0 spiro atoms. The topological polar surface area (TPSA) is 134 Å². The zero-order valence-corrected chi connectivity index (χ0v) is 39.0. The molecule has 3 aliphatic heterocycles. The van der Waals surface area contributed by atoms with Gasteiger partial charge in [-0.25, -0.2) is 15.2 Å². The van der Waals surface area contributed by atoms with Crippen molar-refractivity contribution in [1.29, 1.82) is 0 Å². The highest BCUT2D eigenvalue weighted by atomic mass is 32.2. The predicted octanol–water partition coefficient (Wildman–Crippen LogP) is 7.88. The Morgan fingerprint density at radius 3 is 2.62 bits per heavy atom. The smallest absolute Gasteiger partial charge is 0.329 e. The molecule has 0 saturated carbocycles. The fraction of sp³-hybridized carbons (Fsp3) is 0.587. The second-order valence-corrected chi connectivity index (χ2v) is 20.2. The summed E-state index contributed by atoms with van der Waals surface area (Å²) in [5.74, 6) is -0.560. The summed E-state index contributed by atoms with van der Waals surface area (Å²) < 4.78 is 15.2. The van der Waals surface area contributed by atoms with Gasteiger partial charge in [0.25, 0.3) is 5.91 Å². The zero-order valence-electron chi connectivity index (χ0n) is 37.3. The highest BCUT2D eigenvalue weighted by molar-refractivity contribution is 7.98. The number of rotatable bonds is 10. The van der Waals surface area contributed by atoms with Gasteiger partial charge < -0.3 is 24.3 Å². The third kappa shape index (κ3) is 9.81. The maximum Gasteiger partial charge on any atom is 0.329 e. The van der Waals surface area contributed by atoms with Gasteiger partial charge in [0.1, 0.15) is 11.3 Å². The summed E-state index contributed by atoms with van der Waals surface area (Å²) in [6.45, 7) is 15.3. The van der Waals surface area contributed by atoms with Gasteiger partial charge in [0.15, 0.2) is 0 Å². The number of carbonyl (C=O) groups excluding carboxylic acids is 3. The lowest BCUT2D eigenvalue weighted by Crippen LogP contribution is -2.59. The third-order valence-electron chi connectivity index (χ3n) is 12.6. The van der Waals surface area contributed by atoms with E-state index in [1.54, 1.807) is 31.2 Å². The molecule has 61 heavy (non-hydrogen) atoms. The maximum atomic E-state index is 14.6. The molecule has 13 nitrogen and oxygen atoms in total. The van der Waals surface area contributed by atoms with Gasteiger partial charge in [0.05, 0.1) is 47.4 Å². The Bertz CT molecular complexity index is 2200. The number of methoxy groups -OCH3 is 2. The molecule has 4 unspecified atom stereocenters. The fourth-order valence-corrected chi connectivity index (χ4v) is 10.9. The molecule has 4 aromatic rings. The van der Waals surface area contributed by atoms with Crippen molar-refractivity contribution in [1.82, 2.24) is 39.5 Å². The van der Waals surface area contributed by atoms with Crippen molar-refractivity contribution in [2.45, 2.75) is 123 Å². The summed E-state index contributed by atoms with van der Waals surface area (Å²) in [4.78, 5) is 53.7. The number of likely N-dealkylation sites (tertiary alicyclic amines) is 1. The summed E-state index contributed by atoms with van der Waals surface area (Å²) in [5, 5.41) is 8.31. The van der Waals surface area contributed by atoms with Crippen LogP contribution < -0.4 is 10.7 Å². The van der Waals surface area contributed by atoms with Crippen LogP contribution in [0, 0.1) is 11.3 Å². The number of ether oxygens (including phenoxy) is 2. The van der Waals surface area contributed by atoms with Gasteiger partial charge >= 0.3 is 6.03 Å². The van der Waals surface area contributed by atoms with Crippen molar-refractivity contribution in [2.24, 2.45) is 11.3 Å². The largest absolute Gasteiger partial charge is 0.378 e. The lowest BCUT2D eigenvalue weighted by molar-refractivity contribution is -0.141. The van der Waals surface area contributed by atoms with E-state index in [4.69, 9.17) is 19.4 Å². The minimum atomic E-state index is -0.852. The minimum Gasteiger partial charge on any atom is -0.378 e. The number of nitrogens with zero attached hydrogens (tertiary/aromatic N) is 6. The third-order valence-corrected chi connectivity index (χ3v) is 14.9. The Kier molecular flexibility index (Phi) is 14.1. The van der Waals surface area contributed by atoms with E-state index in [-0.39, 0.29) is 53.8 Å². The molecule has 1 aromatic carbocycles. The maximum absolute atomic E-state index is 14.6. The number of hydrazine groups is 1. The molecule has 4 amide bonds. The second-order valence-electron chi connectivity index (χ2n) is 18.0. The Morgan fingerprint density at radius 1 is 1.13 bits per heavy atom. The van der Waals surface area contributed by atoms with Crippen LogP contribution in [-0.2, 0) is 38.4 Å². The molecule has 3 aliphatic rings. The average Bonchev–Trinajstić information content (AvgIpc) is 3.82. The Hall–Kier alpha value is -4.02. The Morgan fingerprint density at radius 2 is 1.90 bits per heavy atom. The van der Waals surface area contributed by atoms with Crippen molar-refractivity contribution < 1.29 is 23.9 Å². The van der Waals surface area contributed by atoms with Crippen molar-refractivity contribution in [2.75, 3.05) is 40.9 Å². The number of hydrogen-bond donors (Lipinski definition) is 2. The molecule has 2 saturated heterocycles. The molecule has 4 atom stereocenters. The van der Waals surface area contributed by atoms with Gasteiger partial charge in [-0.3, -0.25) is 23.9 Å². The van der Waals surface area contributed by atoms with E-state index >= 15 is 0 Å². The van der Waals surface area contributed by atoms with Crippen molar-refractivity contribution >= 4 is 52.0 Å². The summed E-state index contributed by atoms with van der Waals surface area (Å²) >= 11 is 2.70. The number of fused-ring (bicyclic) bond motifs is 6. The number of urea groups is 1. The fourth-order valence-electron chi connectivity index (χ4n) is 9.06. The van der Waals surface area contributed by atoms with Crippen molar-refractivity contribution in [3.8, 4) is 22.5 Å². The van der Waals surface area contributed by atoms with Crippen molar-refractivity contribution in [3.05, 3.63) is 58.2 Å². The monoisotopic (exact) mass is 872 g/mol. The van der Waals surface area contributed by atoms with Crippen LogP contribution in [0.3, 0.4) is 0 Å². The van der Waals surface area contributed by atoms with Gasteiger partial charge in [0.2, 0.25) is 5.91 Å². The molecule has 0 aliphatic carbocycles. The highest BCUT2D eigenvalue weighted by Crippen LogP contribution is 2.43. The first-order valence-electron chi connectivity index (χ1n) is 21.9. The summed E-state index contributed by atoms with van der Waals surface area (Å²) in [6, 6.07) is 9.98. The van der Waals surface area contributed by atoms with Crippen LogP contribution >= 0.6 is 23.3 Å². The van der Waals surface area contributed by atoms with E-state index in [9.17, 15) is 14.4 Å². The lowest BCUT2D eigenvalue weighted by atomic mass is 9.79. The summed E-state index contributed by atoms with van der Waals surface area (Å²) in [5.41, 5.74) is 11.1. The van der Waals surface area contributed by atoms with Gasteiger partial charge in [-0.15, -0.1) is 11.3 Å². The van der Waals surface area contributed by atoms with E-state index in [1.165, 1.54) is 49.8 Å². The first-order chi connectivity index (χ1) is 29.2. The van der Waals surface area contributed by atoms with Gasteiger partial charge in [-0.1, -0.05) is 40.2 Å². The molecule has 6 bridgehead atoms.